The molecule has 1 rings (SSSR count). The van der Waals surface area contributed by atoms with E-state index in [1.165, 1.54) is 0 Å². The van der Waals surface area contributed by atoms with Crippen LogP contribution in [0.5, 0.6) is 0 Å². The maximum atomic E-state index is 11.4. The van der Waals surface area contributed by atoms with Gasteiger partial charge < -0.3 is 10.6 Å². The molecule has 0 aromatic carbocycles. The van der Waals surface area contributed by atoms with Crippen LogP contribution in [0.15, 0.2) is 4.99 Å². The summed E-state index contributed by atoms with van der Waals surface area (Å²) in [6, 6.07) is -0.0744. The number of sulfone groups is 1. The van der Waals surface area contributed by atoms with E-state index in [1.807, 2.05) is 11.8 Å². The van der Waals surface area contributed by atoms with Crippen molar-refractivity contribution in [2.75, 3.05) is 24.6 Å². The molecule has 0 spiro atoms. The molecule has 0 aromatic heterocycles. The van der Waals surface area contributed by atoms with Gasteiger partial charge >= 0.3 is 0 Å². The number of aliphatic imine (C=N–C) groups is 1. The zero-order chi connectivity index (χ0) is 12.3. The molecule has 1 saturated heterocycles. The zero-order valence-electron chi connectivity index (χ0n) is 10.2. The van der Waals surface area contributed by atoms with E-state index in [0.29, 0.717) is 25.0 Å². The van der Waals surface area contributed by atoms with Crippen molar-refractivity contribution in [2.24, 2.45) is 16.6 Å². The molecule has 0 saturated carbocycles. The fourth-order valence-corrected chi connectivity index (χ4v) is 3.26. The van der Waals surface area contributed by atoms with E-state index in [-0.39, 0.29) is 17.5 Å². The number of nitrogens with zero attached hydrogens (tertiary/aromatic N) is 2. The minimum Gasteiger partial charge on any atom is -0.370 e. The fraction of sp³-hybridized carbons (Fsp3) is 0.900. The second-order valence-corrected chi connectivity index (χ2v) is 6.98. The number of hydrogen-bond donors (Lipinski definition) is 1. The van der Waals surface area contributed by atoms with Crippen LogP contribution in [0.2, 0.25) is 0 Å². The number of hydrogen-bond acceptors (Lipinski definition) is 3. The topological polar surface area (TPSA) is 75.8 Å². The fourth-order valence-electron chi connectivity index (χ4n) is 1.71. The van der Waals surface area contributed by atoms with E-state index in [4.69, 9.17) is 5.73 Å². The van der Waals surface area contributed by atoms with Gasteiger partial charge in [0.2, 0.25) is 0 Å². The Labute approximate surface area is 97.6 Å². The minimum atomic E-state index is -2.88. The second kappa shape index (κ2) is 5.03. The quantitative estimate of drug-likeness (QED) is 0.554. The molecular formula is C10H21N3O2S. The van der Waals surface area contributed by atoms with Crippen molar-refractivity contribution >= 4 is 15.8 Å². The predicted molar refractivity (Wildman–Crippen MR) is 66.1 cm³/mol. The highest BCUT2D eigenvalue weighted by Crippen LogP contribution is 2.11. The van der Waals surface area contributed by atoms with Crippen molar-refractivity contribution in [3.8, 4) is 0 Å². The largest absolute Gasteiger partial charge is 0.370 e. The highest BCUT2D eigenvalue weighted by atomic mass is 32.2. The normalized spacial score (nSPS) is 26.1. The average Bonchev–Trinajstić information content (AvgIpc) is 2.12. The lowest BCUT2D eigenvalue weighted by Gasteiger charge is -2.34. The van der Waals surface area contributed by atoms with Crippen LogP contribution in [0.4, 0.5) is 0 Å². The zero-order valence-corrected chi connectivity index (χ0v) is 11.0. The van der Waals surface area contributed by atoms with Crippen LogP contribution in [0.3, 0.4) is 0 Å². The van der Waals surface area contributed by atoms with Crippen LogP contribution in [0.1, 0.15) is 20.8 Å². The molecule has 1 atom stereocenters. The van der Waals surface area contributed by atoms with E-state index in [1.54, 1.807) is 0 Å². The molecule has 94 valence electrons. The average molecular weight is 247 g/mol. The molecule has 1 unspecified atom stereocenters. The molecule has 1 aliphatic heterocycles. The first-order valence-electron chi connectivity index (χ1n) is 5.59. The third-order valence-corrected chi connectivity index (χ3v) is 4.38. The molecule has 5 nitrogen and oxygen atoms in total. The van der Waals surface area contributed by atoms with Gasteiger partial charge in [-0.1, -0.05) is 13.8 Å². The Morgan fingerprint density at radius 1 is 1.56 bits per heavy atom. The van der Waals surface area contributed by atoms with E-state index in [9.17, 15) is 8.42 Å². The summed E-state index contributed by atoms with van der Waals surface area (Å²) < 4.78 is 22.8. The van der Waals surface area contributed by atoms with Gasteiger partial charge in [0.05, 0.1) is 11.5 Å². The smallest absolute Gasteiger partial charge is 0.191 e. The summed E-state index contributed by atoms with van der Waals surface area (Å²) in [4.78, 5) is 6.15. The van der Waals surface area contributed by atoms with E-state index < -0.39 is 9.84 Å². The summed E-state index contributed by atoms with van der Waals surface area (Å²) in [5.74, 6) is 1.28. The number of nitrogens with two attached hydrogens (primary N) is 1. The predicted octanol–water partition coefficient (Wildman–Crippen LogP) is 0.0760. The molecule has 0 bridgehead atoms. The van der Waals surface area contributed by atoms with Crippen LogP contribution >= 0.6 is 0 Å². The summed E-state index contributed by atoms with van der Waals surface area (Å²) in [5.41, 5.74) is 5.86. The lowest BCUT2D eigenvalue weighted by Crippen LogP contribution is -2.52. The van der Waals surface area contributed by atoms with Gasteiger partial charge in [-0.15, -0.1) is 0 Å². The summed E-state index contributed by atoms with van der Waals surface area (Å²) in [6.45, 7) is 7.15. The van der Waals surface area contributed by atoms with Gasteiger partial charge in [-0.05, 0) is 12.8 Å². The van der Waals surface area contributed by atoms with Gasteiger partial charge in [0.25, 0.3) is 0 Å². The highest BCUT2D eigenvalue weighted by Gasteiger charge is 2.29. The molecule has 1 fully saturated rings. The number of guanidine groups is 1. The number of rotatable bonds is 2. The molecule has 0 aliphatic carbocycles. The van der Waals surface area contributed by atoms with Gasteiger partial charge in [-0.25, -0.2) is 8.42 Å². The first kappa shape index (κ1) is 13.3. The third kappa shape index (κ3) is 3.66. The van der Waals surface area contributed by atoms with Crippen molar-refractivity contribution < 1.29 is 8.42 Å². The maximum absolute atomic E-state index is 11.4. The Hall–Kier alpha value is -0.780. The second-order valence-electron chi connectivity index (χ2n) is 4.75. The van der Waals surface area contributed by atoms with Crippen molar-refractivity contribution in [3.63, 3.8) is 0 Å². The molecule has 1 aliphatic rings. The Bertz CT molecular complexity index is 362. The lowest BCUT2D eigenvalue weighted by atomic mass is 10.2. The SMILES string of the molecule is CC(C)CN=C(N)N1CCS(=O)(=O)CC1C. The molecule has 0 radical (unpaired) electrons. The van der Waals surface area contributed by atoms with Crippen molar-refractivity contribution in [2.45, 2.75) is 26.8 Å². The van der Waals surface area contributed by atoms with Crippen LogP contribution in [-0.4, -0.2) is 49.9 Å². The third-order valence-electron chi connectivity index (χ3n) is 2.58. The maximum Gasteiger partial charge on any atom is 0.191 e. The first-order valence-corrected chi connectivity index (χ1v) is 7.41. The van der Waals surface area contributed by atoms with Gasteiger partial charge in [0.1, 0.15) is 0 Å². The Balaban J connectivity index is 2.65. The molecule has 16 heavy (non-hydrogen) atoms. The van der Waals surface area contributed by atoms with Crippen LogP contribution < -0.4 is 5.73 Å². The molecular weight excluding hydrogens is 226 g/mol. The van der Waals surface area contributed by atoms with E-state index in [2.05, 4.69) is 18.8 Å². The van der Waals surface area contributed by atoms with Crippen LogP contribution in [0.25, 0.3) is 0 Å². The molecule has 2 N–H and O–H groups in total. The molecule has 6 heteroatoms. The van der Waals surface area contributed by atoms with Crippen LogP contribution in [-0.2, 0) is 9.84 Å². The Morgan fingerprint density at radius 2 is 2.19 bits per heavy atom. The van der Waals surface area contributed by atoms with Gasteiger partial charge in [0, 0.05) is 19.1 Å². The van der Waals surface area contributed by atoms with Gasteiger partial charge in [-0.3, -0.25) is 4.99 Å². The molecule has 0 amide bonds. The lowest BCUT2D eigenvalue weighted by molar-refractivity contribution is 0.347. The molecule has 0 aromatic rings. The minimum absolute atomic E-state index is 0.0744. The van der Waals surface area contributed by atoms with E-state index >= 15 is 0 Å². The van der Waals surface area contributed by atoms with Crippen LogP contribution in [0, 0.1) is 5.92 Å². The summed E-state index contributed by atoms with van der Waals surface area (Å²) >= 11 is 0. The highest BCUT2D eigenvalue weighted by molar-refractivity contribution is 7.91. The summed E-state index contributed by atoms with van der Waals surface area (Å²) in [5, 5.41) is 0. The summed E-state index contributed by atoms with van der Waals surface area (Å²) in [6.07, 6.45) is 0. The van der Waals surface area contributed by atoms with Gasteiger partial charge in [-0.2, -0.15) is 0 Å². The first-order chi connectivity index (χ1) is 7.32. The molecule has 1 heterocycles. The van der Waals surface area contributed by atoms with E-state index in [0.717, 1.165) is 0 Å². The monoisotopic (exact) mass is 247 g/mol. The Morgan fingerprint density at radius 3 is 2.69 bits per heavy atom. The standard InChI is InChI=1S/C10H21N3O2S/c1-8(2)6-12-10(11)13-4-5-16(14,15)7-9(13)3/h8-9H,4-7H2,1-3H3,(H2,11,12). The Kier molecular flexibility index (Phi) is 4.18. The van der Waals surface area contributed by atoms with Gasteiger partial charge in [0.15, 0.2) is 15.8 Å². The van der Waals surface area contributed by atoms with Crippen molar-refractivity contribution in [3.05, 3.63) is 0 Å². The van der Waals surface area contributed by atoms with Crippen molar-refractivity contribution in [1.82, 2.24) is 4.90 Å². The summed E-state index contributed by atoms with van der Waals surface area (Å²) in [7, 11) is -2.88. The van der Waals surface area contributed by atoms with Crippen molar-refractivity contribution in [1.29, 1.82) is 0 Å².